The molecular weight excluding hydrogens is 256 g/mol. The number of fused-ring (bicyclic) bond motifs is 1. The van der Waals surface area contributed by atoms with Crippen molar-refractivity contribution in [3.05, 3.63) is 23.8 Å². The van der Waals surface area contributed by atoms with Crippen molar-refractivity contribution in [2.75, 3.05) is 36.6 Å². The van der Waals surface area contributed by atoms with Crippen molar-refractivity contribution in [1.29, 1.82) is 0 Å². The van der Waals surface area contributed by atoms with Crippen LogP contribution in [0.1, 0.15) is 25.5 Å². The van der Waals surface area contributed by atoms with E-state index >= 15 is 0 Å². The van der Waals surface area contributed by atoms with Gasteiger partial charge in [-0.2, -0.15) is 0 Å². The molecule has 1 amide bonds. The molecule has 0 bridgehead atoms. The normalized spacial score (nSPS) is 25.0. The maximum atomic E-state index is 11.8. The van der Waals surface area contributed by atoms with Gasteiger partial charge < -0.3 is 19.6 Å². The van der Waals surface area contributed by atoms with Crippen LogP contribution >= 0.6 is 0 Å². The van der Waals surface area contributed by atoms with Gasteiger partial charge in [-0.25, -0.2) is 0 Å². The van der Waals surface area contributed by atoms with Crippen LogP contribution in [0.3, 0.4) is 0 Å². The van der Waals surface area contributed by atoms with E-state index in [4.69, 9.17) is 4.74 Å². The minimum Gasteiger partial charge on any atom is -0.378 e. The second-order valence-electron chi connectivity index (χ2n) is 6.06. The van der Waals surface area contributed by atoms with Crippen LogP contribution < -0.4 is 9.80 Å². The Morgan fingerprint density at radius 3 is 2.85 bits per heavy atom. The zero-order chi connectivity index (χ0) is 14.5. The lowest BCUT2D eigenvalue weighted by Crippen LogP contribution is -2.53. The minimum absolute atomic E-state index is 0.0771. The Balaban J connectivity index is 2.00. The van der Waals surface area contributed by atoms with Crippen LogP contribution in [0.5, 0.6) is 0 Å². The summed E-state index contributed by atoms with van der Waals surface area (Å²) in [5.74, 6) is -0.265. The third-order valence-corrected chi connectivity index (χ3v) is 4.19. The van der Waals surface area contributed by atoms with E-state index in [-0.39, 0.29) is 11.4 Å². The van der Waals surface area contributed by atoms with Crippen molar-refractivity contribution in [3.8, 4) is 0 Å². The Morgan fingerprint density at radius 1 is 1.40 bits per heavy atom. The first-order chi connectivity index (χ1) is 9.42. The number of benzene rings is 1. The van der Waals surface area contributed by atoms with E-state index in [9.17, 15) is 9.90 Å². The molecule has 1 atom stereocenters. The van der Waals surface area contributed by atoms with E-state index in [1.165, 1.54) is 4.90 Å². The van der Waals surface area contributed by atoms with Crippen molar-refractivity contribution < 1.29 is 14.6 Å². The molecule has 2 heterocycles. The molecule has 0 aromatic heterocycles. The molecule has 0 aliphatic carbocycles. The molecule has 20 heavy (non-hydrogen) atoms. The van der Waals surface area contributed by atoms with Crippen molar-refractivity contribution >= 4 is 17.3 Å². The molecule has 2 aliphatic heterocycles. The molecule has 1 aromatic rings. The van der Waals surface area contributed by atoms with Crippen molar-refractivity contribution in [2.24, 2.45) is 0 Å². The number of rotatable bonds is 1. The second kappa shape index (κ2) is 4.46. The number of carbonyl (C=O) groups is 1. The molecule has 3 rings (SSSR count). The number of aliphatic hydroxyl groups is 1. The lowest BCUT2D eigenvalue weighted by atomic mass is 10.0. The fourth-order valence-electron chi connectivity index (χ4n) is 2.99. The van der Waals surface area contributed by atoms with Gasteiger partial charge in [-0.1, -0.05) is 6.07 Å². The van der Waals surface area contributed by atoms with Gasteiger partial charge in [0.15, 0.2) is 6.10 Å². The molecule has 1 saturated heterocycles. The van der Waals surface area contributed by atoms with Crippen molar-refractivity contribution in [1.82, 2.24) is 0 Å². The smallest absolute Gasteiger partial charge is 0.260 e. The van der Waals surface area contributed by atoms with Crippen LogP contribution in [0.4, 0.5) is 11.4 Å². The monoisotopic (exact) mass is 276 g/mol. The number of ether oxygens (including phenoxy) is 1. The Kier molecular flexibility index (Phi) is 2.99. The third kappa shape index (κ3) is 1.89. The van der Waals surface area contributed by atoms with E-state index in [0.717, 1.165) is 17.9 Å². The Hall–Kier alpha value is -1.59. The summed E-state index contributed by atoms with van der Waals surface area (Å²) in [7, 11) is 1.70. The number of hydrogen-bond donors (Lipinski definition) is 1. The summed E-state index contributed by atoms with van der Waals surface area (Å²) in [6.07, 6.45) is -1.03. The number of morpholine rings is 1. The largest absolute Gasteiger partial charge is 0.378 e. The van der Waals surface area contributed by atoms with Crippen molar-refractivity contribution in [2.45, 2.75) is 25.5 Å². The SMILES string of the molecule is CN1C(=O)C(O)c2ccc(N3CCOCC3(C)C)cc21. The summed E-state index contributed by atoms with van der Waals surface area (Å²) in [5.41, 5.74) is 2.46. The Morgan fingerprint density at radius 2 is 2.15 bits per heavy atom. The number of amides is 1. The lowest BCUT2D eigenvalue weighted by molar-refractivity contribution is -0.125. The van der Waals surface area contributed by atoms with Gasteiger partial charge >= 0.3 is 0 Å². The minimum atomic E-state index is -1.03. The number of aliphatic hydroxyl groups excluding tert-OH is 1. The highest BCUT2D eigenvalue weighted by molar-refractivity contribution is 6.03. The summed E-state index contributed by atoms with van der Waals surface area (Å²) in [5, 5.41) is 9.90. The second-order valence-corrected chi connectivity index (χ2v) is 6.06. The first-order valence-electron chi connectivity index (χ1n) is 6.87. The fraction of sp³-hybridized carbons (Fsp3) is 0.533. The van der Waals surface area contributed by atoms with Gasteiger partial charge in [0, 0.05) is 24.8 Å². The number of likely N-dealkylation sites (N-methyl/N-ethyl adjacent to an activating group) is 1. The molecule has 108 valence electrons. The van der Waals surface area contributed by atoms with Gasteiger partial charge in [0.25, 0.3) is 5.91 Å². The van der Waals surface area contributed by atoms with Crippen LogP contribution in [-0.2, 0) is 9.53 Å². The van der Waals surface area contributed by atoms with Gasteiger partial charge in [0.2, 0.25) is 0 Å². The van der Waals surface area contributed by atoms with E-state index in [1.54, 1.807) is 7.05 Å². The number of carbonyl (C=O) groups excluding carboxylic acids is 1. The summed E-state index contributed by atoms with van der Waals surface area (Å²) in [6.45, 7) is 6.50. The maximum absolute atomic E-state index is 11.8. The zero-order valence-electron chi connectivity index (χ0n) is 12.1. The topological polar surface area (TPSA) is 53.0 Å². The van der Waals surface area contributed by atoms with Crippen molar-refractivity contribution in [3.63, 3.8) is 0 Å². The molecule has 1 unspecified atom stereocenters. The van der Waals surface area contributed by atoms with Gasteiger partial charge in [-0.3, -0.25) is 4.79 Å². The van der Waals surface area contributed by atoms with E-state index in [1.807, 2.05) is 18.2 Å². The van der Waals surface area contributed by atoms with Gasteiger partial charge in [-0.15, -0.1) is 0 Å². The number of anilines is 2. The molecule has 5 heteroatoms. The molecule has 5 nitrogen and oxygen atoms in total. The fourth-order valence-corrected chi connectivity index (χ4v) is 2.99. The third-order valence-electron chi connectivity index (χ3n) is 4.19. The highest BCUT2D eigenvalue weighted by Crippen LogP contribution is 2.39. The lowest BCUT2D eigenvalue weighted by Gasteiger charge is -2.44. The summed E-state index contributed by atoms with van der Waals surface area (Å²) in [6, 6.07) is 5.81. The predicted molar refractivity (Wildman–Crippen MR) is 77.1 cm³/mol. The Labute approximate surface area is 118 Å². The van der Waals surface area contributed by atoms with E-state index < -0.39 is 6.10 Å². The summed E-state index contributed by atoms with van der Waals surface area (Å²) >= 11 is 0. The molecule has 1 fully saturated rings. The van der Waals surface area contributed by atoms with Crippen LogP contribution in [0.2, 0.25) is 0 Å². The highest BCUT2D eigenvalue weighted by atomic mass is 16.5. The zero-order valence-corrected chi connectivity index (χ0v) is 12.1. The molecule has 0 saturated carbocycles. The number of hydrogen-bond acceptors (Lipinski definition) is 4. The first-order valence-corrected chi connectivity index (χ1v) is 6.87. The molecule has 1 N–H and O–H groups in total. The standard InChI is InChI=1S/C15H20N2O3/c1-15(2)9-20-7-6-17(15)10-4-5-11-12(8-10)16(3)14(19)13(11)18/h4-5,8,13,18H,6-7,9H2,1-3H3. The van der Waals surface area contributed by atoms with Gasteiger partial charge in [0.1, 0.15) is 0 Å². The van der Waals surface area contributed by atoms with Crippen LogP contribution in [-0.4, -0.2) is 43.4 Å². The van der Waals surface area contributed by atoms with Crippen LogP contribution in [0.25, 0.3) is 0 Å². The average Bonchev–Trinajstić information content (AvgIpc) is 2.63. The predicted octanol–water partition coefficient (Wildman–Crippen LogP) is 1.31. The first kappa shape index (κ1) is 13.4. The summed E-state index contributed by atoms with van der Waals surface area (Å²) in [4.78, 5) is 15.6. The number of nitrogens with zero attached hydrogens (tertiary/aromatic N) is 2. The van der Waals surface area contributed by atoms with Gasteiger partial charge in [-0.05, 0) is 26.0 Å². The van der Waals surface area contributed by atoms with E-state index in [0.29, 0.717) is 18.8 Å². The highest BCUT2D eigenvalue weighted by Gasteiger charge is 2.36. The summed E-state index contributed by atoms with van der Waals surface area (Å²) < 4.78 is 5.54. The van der Waals surface area contributed by atoms with Crippen LogP contribution in [0, 0.1) is 0 Å². The quantitative estimate of drug-likeness (QED) is 0.840. The Bertz CT molecular complexity index is 556. The molecule has 0 spiro atoms. The molecular formula is C15H20N2O3. The average molecular weight is 276 g/mol. The molecule has 1 aromatic carbocycles. The molecule has 2 aliphatic rings. The van der Waals surface area contributed by atoms with Gasteiger partial charge in [0.05, 0.1) is 24.4 Å². The maximum Gasteiger partial charge on any atom is 0.260 e. The van der Waals surface area contributed by atoms with E-state index in [2.05, 4.69) is 18.7 Å². The van der Waals surface area contributed by atoms with Crippen LogP contribution in [0.15, 0.2) is 18.2 Å². The molecule has 0 radical (unpaired) electrons.